The third-order valence-electron chi connectivity index (χ3n) is 3.01. The minimum atomic E-state index is 0.324. The van der Waals surface area contributed by atoms with Crippen molar-refractivity contribution in [1.82, 2.24) is 0 Å². The van der Waals surface area contributed by atoms with Crippen molar-refractivity contribution in [1.29, 1.82) is 10.7 Å². The van der Waals surface area contributed by atoms with Gasteiger partial charge in [-0.3, -0.25) is 5.41 Å². The molecule has 19 heavy (non-hydrogen) atoms. The minimum Gasteiger partial charge on any atom is -0.398 e. The SMILES string of the molecule is Cc1cc(C(=N)c2ccc(C#N)cc2)c(N)cc1N. The molecule has 0 aliphatic rings. The molecule has 0 spiro atoms. The molecule has 2 aromatic carbocycles. The van der Waals surface area contributed by atoms with Gasteiger partial charge in [-0.2, -0.15) is 5.26 Å². The molecule has 2 aromatic rings. The molecule has 0 radical (unpaired) electrons. The largest absolute Gasteiger partial charge is 0.398 e. The molecule has 0 fully saturated rings. The van der Waals surface area contributed by atoms with Crippen LogP contribution in [0.1, 0.15) is 22.3 Å². The van der Waals surface area contributed by atoms with Crippen molar-refractivity contribution in [2.75, 3.05) is 11.5 Å². The van der Waals surface area contributed by atoms with Gasteiger partial charge < -0.3 is 11.5 Å². The minimum absolute atomic E-state index is 0.324. The van der Waals surface area contributed by atoms with Crippen LogP contribution in [-0.2, 0) is 0 Å². The number of benzene rings is 2. The van der Waals surface area contributed by atoms with Crippen molar-refractivity contribution >= 4 is 17.1 Å². The van der Waals surface area contributed by atoms with Gasteiger partial charge in [-0.1, -0.05) is 12.1 Å². The van der Waals surface area contributed by atoms with Gasteiger partial charge in [0.1, 0.15) is 0 Å². The Kier molecular flexibility index (Phi) is 3.21. The highest BCUT2D eigenvalue weighted by molar-refractivity contribution is 6.14. The Morgan fingerprint density at radius 3 is 2.32 bits per heavy atom. The highest BCUT2D eigenvalue weighted by Gasteiger charge is 2.10. The number of aryl methyl sites for hydroxylation is 1. The molecule has 4 nitrogen and oxygen atoms in total. The second-order valence-electron chi connectivity index (χ2n) is 4.36. The van der Waals surface area contributed by atoms with Crippen LogP contribution in [0.25, 0.3) is 0 Å². The predicted octanol–water partition coefficient (Wildman–Crippen LogP) is 2.45. The monoisotopic (exact) mass is 250 g/mol. The molecule has 0 aliphatic carbocycles. The van der Waals surface area contributed by atoms with Crippen molar-refractivity contribution in [3.05, 3.63) is 58.7 Å². The Bertz CT molecular complexity index is 679. The molecule has 0 saturated carbocycles. The van der Waals surface area contributed by atoms with Crippen molar-refractivity contribution in [3.63, 3.8) is 0 Å². The van der Waals surface area contributed by atoms with E-state index in [1.54, 1.807) is 30.3 Å². The first-order valence-electron chi connectivity index (χ1n) is 5.78. The van der Waals surface area contributed by atoms with E-state index in [1.807, 2.05) is 19.1 Å². The lowest BCUT2D eigenvalue weighted by Crippen LogP contribution is -2.07. The fourth-order valence-electron chi connectivity index (χ4n) is 1.83. The molecule has 2 rings (SSSR count). The number of nitriles is 1. The molecule has 94 valence electrons. The van der Waals surface area contributed by atoms with E-state index >= 15 is 0 Å². The van der Waals surface area contributed by atoms with Crippen LogP contribution in [0.3, 0.4) is 0 Å². The summed E-state index contributed by atoms with van der Waals surface area (Å²) < 4.78 is 0. The van der Waals surface area contributed by atoms with Gasteiger partial charge in [0, 0.05) is 22.5 Å². The van der Waals surface area contributed by atoms with Crippen LogP contribution in [0.2, 0.25) is 0 Å². The maximum absolute atomic E-state index is 8.76. The Hall–Kier alpha value is -2.80. The van der Waals surface area contributed by atoms with Gasteiger partial charge in [0.05, 0.1) is 17.3 Å². The van der Waals surface area contributed by atoms with E-state index in [0.29, 0.717) is 28.2 Å². The number of nitrogens with two attached hydrogens (primary N) is 2. The molecule has 5 N–H and O–H groups in total. The number of nitrogen functional groups attached to an aromatic ring is 2. The molecule has 4 heteroatoms. The van der Waals surface area contributed by atoms with Crippen molar-refractivity contribution in [3.8, 4) is 6.07 Å². The maximum Gasteiger partial charge on any atom is 0.0991 e. The van der Waals surface area contributed by atoms with Gasteiger partial charge in [0.15, 0.2) is 0 Å². The molecular formula is C15H14N4. The Morgan fingerprint density at radius 1 is 1.11 bits per heavy atom. The Morgan fingerprint density at radius 2 is 1.74 bits per heavy atom. The second kappa shape index (κ2) is 4.83. The van der Waals surface area contributed by atoms with E-state index < -0.39 is 0 Å². The number of rotatable bonds is 2. The first kappa shape index (κ1) is 12.7. The molecule has 0 bridgehead atoms. The average Bonchev–Trinajstić information content (AvgIpc) is 2.42. The zero-order valence-corrected chi connectivity index (χ0v) is 10.6. The molecule has 0 heterocycles. The summed E-state index contributed by atoms with van der Waals surface area (Å²) in [7, 11) is 0. The summed E-state index contributed by atoms with van der Waals surface area (Å²) in [5.74, 6) is 0. The standard InChI is InChI=1S/C15H14N4/c1-9-6-12(14(18)7-13(9)17)15(19)11-4-2-10(8-16)3-5-11/h2-7,19H,17-18H2,1H3. The molecule has 0 unspecified atom stereocenters. The van der Waals surface area contributed by atoms with Crippen LogP contribution < -0.4 is 11.5 Å². The molecule has 0 saturated heterocycles. The van der Waals surface area contributed by atoms with E-state index in [2.05, 4.69) is 0 Å². The summed E-state index contributed by atoms with van der Waals surface area (Å²) in [6.07, 6.45) is 0. The zero-order valence-electron chi connectivity index (χ0n) is 10.6. The van der Waals surface area contributed by atoms with Crippen LogP contribution in [-0.4, -0.2) is 5.71 Å². The van der Waals surface area contributed by atoms with E-state index in [0.717, 1.165) is 11.1 Å². The molecule has 0 aliphatic heterocycles. The summed E-state index contributed by atoms with van der Waals surface area (Å²) in [6.45, 7) is 1.88. The quantitative estimate of drug-likeness (QED) is 0.563. The van der Waals surface area contributed by atoms with Crippen LogP contribution in [0.5, 0.6) is 0 Å². The number of anilines is 2. The zero-order chi connectivity index (χ0) is 14.0. The highest BCUT2D eigenvalue weighted by atomic mass is 14.6. The highest BCUT2D eigenvalue weighted by Crippen LogP contribution is 2.23. The summed E-state index contributed by atoms with van der Waals surface area (Å²) in [5, 5.41) is 17.0. The average molecular weight is 250 g/mol. The fourth-order valence-corrected chi connectivity index (χ4v) is 1.83. The number of hydrogen-bond acceptors (Lipinski definition) is 4. The normalized spacial score (nSPS) is 9.89. The Labute approximate surface area is 111 Å². The fraction of sp³-hybridized carbons (Fsp3) is 0.0667. The predicted molar refractivity (Wildman–Crippen MR) is 77.1 cm³/mol. The van der Waals surface area contributed by atoms with Gasteiger partial charge in [0.25, 0.3) is 0 Å². The first-order chi connectivity index (χ1) is 9.02. The Balaban J connectivity index is 2.44. The van der Waals surface area contributed by atoms with Crippen molar-refractivity contribution < 1.29 is 0 Å². The molecular weight excluding hydrogens is 236 g/mol. The summed E-state index contributed by atoms with van der Waals surface area (Å²) in [4.78, 5) is 0. The van der Waals surface area contributed by atoms with Gasteiger partial charge in [-0.25, -0.2) is 0 Å². The summed E-state index contributed by atoms with van der Waals surface area (Å²) in [6, 6.07) is 12.4. The van der Waals surface area contributed by atoms with Gasteiger partial charge in [0.2, 0.25) is 0 Å². The van der Waals surface area contributed by atoms with E-state index in [4.69, 9.17) is 22.1 Å². The summed E-state index contributed by atoms with van der Waals surface area (Å²) in [5.41, 5.74) is 15.9. The van der Waals surface area contributed by atoms with E-state index in [1.165, 1.54) is 0 Å². The lowest BCUT2D eigenvalue weighted by molar-refractivity contribution is 1.41. The van der Waals surface area contributed by atoms with E-state index in [9.17, 15) is 0 Å². The van der Waals surface area contributed by atoms with E-state index in [-0.39, 0.29) is 0 Å². The molecule has 0 amide bonds. The first-order valence-corrected chi connectivity index (χ1v) is 5.78. The third kappa shape index (κ3) is 2.40. The van der Waals surface area contributed by atoms with Crippen molar-refractivity contribution in [2.45, 2.75) is 6.92 Å². The van der Waals surface area contributed by atoms with Crippen molar-refractivity contribution in [2.24, 2.45) is 0 Å². The lowest BCUT2D eigenvalue weighted by atomic mass is 9.97. The number of hydrogen-bond donors (Lipinski definition) is 3. The van der Waals surface area contributed by atoms with Gasteiger partial charge in [-0.15, -0.1) is 0 Å². The van der Waals surface area contributed by atoms with Crippen LogP contribution in [0.15, 0.2) is 36.4 Å². The van der Waals surface area contributed by atoms with Crippen LogP contribution in [0.4, 0.5) is 11.4 Å². The molecule has 0 aromatic heterocycles. The smallest absolute Gasteiger partial charge is 0.0991 e. The van der Waals surface area contributed by atoms with Gasteiger partial charge >= 0.3 is 0 Å². The second-order valence-corrected chi connectivity index (χ2v) is 4.36. The topological polar surface area (TPSA) is 99.7 Å². The van der Waals surface area contributed by atoms with Crippen LogP contribution >= 0.6 is 0 Å². The van der Waals surface area contributed by atoms with Crippen LogP contribution in [0, 0.1) is 23.7 Å². The number of nitrogens with zero attached hydrogens (tertiary/aromatic N) is 1. The molecule has 0 atom stereocenters. The summed E-state index contributed by atoms with van der Waals surface area (Å²) >= 11 is 0. The van der Waals surface area contributed by atoms with Gasteiger partial charge in [-0.05, 0) is 36.8 Å². The maximum atomic E-state index is 8.76. The number of nitrogens with one attached hydrogen (secondary N) is 1. The lowest BCUT2D eigenvalue weighted by Gasteiger charge is -2.11. The third-order valence-corrected chi connectivity index (χ3v) is 3.01.